The van der Waals surface area contributed by atoms with Crippen molar-refractivity contribution in [3.8, 4) is 11.5 Å². The van der Waals surface area contributed by atoms with Crippen LogP contribution < -0.4 is 20.8 Å². The first-order valence-corrected chi connectivity index (χ1v) is 25.1. The van der Waals surface area contributed by atoms with E-state index in [1.807, 2.05) is 76.2 Å². The second-order valence-corrected chi connectivity index (χ2v) is 20.5. The number of nitrogens with one attached hydrogen (secondary N) is 1. The SMILES string of the molecule is CCCCCCCCCCCC(Oc1ccc(O)c(C(C)(C)C)c1)C(Cl)C(=O)Nc1cccc(N)c1C1=NN(c2c(Cl)cc(Cl)cc2Cl)C(=O)C1N=Nc1ccccc1Sc1ccccc1C. The quantitative estimate of drug-likeness (QED) is 0.0289. The minimum atomic E-state index is -1.36. The Hall–Kier alpha value is -4.78. The van der Waals surface area contributed by atoms with Crippen molar-refractivity contribution in [2.75, 3.05) is 16.1 Å². The van der Waals surface area contributed by atoms with Crippen molar-refractivity contribution in [2.24, 2.45) is 15.3 Å². The average Bonchev–Trinajstić information content (AvgIpc) is 3.59. The molecule has 6 rings (SSSR count). The number of phenols is 1. The van der Waals surface area contributed by atoms with Crippen molar-refractivity contribution in [2.45, 2.75) is 132 Å². The van der Waals surface area contributed by atoms with Crippen LogP contribution in [0.25, 0.3) is 0 Å². The molecule has 0 fully saturated rings. The Bertz CT molecular complexity index is 2580. The molecule has 1 aliphatic heterocycles. The van der Waals surface area contributed by atoms with Gasteiger partial charge >= 0.3 is 0 Å². The Balaban J connectivity index is 1.32. The number of nitrogens with zero attached hydrogens (tertiary/aromatic N) is 4. The van der Waals surface area contributed by atoms with Crippen molar-refractivity contribution >= 4 is 98.4 Å². The van der Waals surface area contributed by atoms with Gasteiger partial charge < -0.3 is 20.9 Å². The van der Waals surface area contributed by atoms with Crippen LogP contribution in [-0.4, -0.2) is 40.2 Å². The number of aromatic hydroxyl groups is 1. The summed E-state index contributed by atoms with van der Waals surface area (Å²) in [4.78, 5) is 30.9. The predicted molar refractivity (Wildman–Crippen MR) is 278 cm³/mol. The molecule has 3 unspecified atom stereocenters. The lowest BCUT2D eigenvalue weighted by molar-refractivity contribution is -0.118. The van der Waals surface area contributed by atoms with Gasteiger partial charge in [-0.2, -0.15) is 20.3 Å². The van der Waals surface area contributed by atoms with E-state index >= 15 is 0 Å². The second kappa shape index (κ2) is 24.0. The highest BCUT2D eigenvalue weighted by Gasteiger charge is 2.42. The summed E-state index contributed by atoms with van der Waals surface area (Å²) in [7, 11) is 0. The number of unbranched alkanes of at least 4 members (excludes halogenated alkanes) is 8. The largest absolute Gasteiger partial charge is 0.508 e. The number of nitrogens with two attached hydrogens (primary N) is 1. The van der Waals surface area contributed by atoms with Gasteiger partial charge in [-0.25, -0.2) is 0 Å². The molecule has 5 aromatic carbocycles. The number of benzene rings is 5. The van der Waals surface area contributed by atoms with Crippen LogP contribution in [0.15, 0.2) is 122 Å². The number of carbonyl (C=O) groups excluding carboxylic acids is 2. The molecule has 2 amide bonds. The highest BCUT2D eigenvalue weighted by Crippen LogP contribution is 2.42. The van der Waals surface area contributed by atoms with E-state index in [0.29, 0.717) is 23.4 Å². The number of ether oxygens (including phenoxy) is 1. The van der Waals surface area contributed by atoms with E-state index in [-0.39, 0.29) is 54.6 Å². The highest BCUT2D eigenvalue weighted by molar-refractivity contribution is 7.99. The third-order valence-corrected chi connectivity index (χ3v) is 13.9. The van der Waals surface area contributed by atoms with E-state index in [4.69, 9.17) is 62.0 Å². The van der Waals surface area contributed by atoms with Crippen molar-refractivity contribution in [3.63, 3.8) is 0 Å². The molecular weight excluding hydrogens is 946 g/mol. The highest BCUT2D eigenvalue weighted by atomic mass is 35.5. The van der Waals surface area contributed by atoms with E-state index in [2.05, 4.69) is 22.5 Å². The van der Waals surface area contributed by atoms with Crippen LogP contribution in [0.2, 0.25) is 15.1 Å². The standard InChI is InChI=1S/C52H58Cl4N6O4S/c1-6-7-8-9-10-11-12-13-14-24-42(66-34-27-28-41(63)35(31-34)52(3,4)5)46(56)50(64)58-40-23-19-21-38(57)45(40)47-48(51(65)62(61-47)49-36(54)29-33(53)30-37(49)55)60-59-39-22-16-18-26-44(39)67-43-25-17-15-20-32(43)2/h15-23,25-31,42,46,48,63H,6-14,24,57H2,1-5H3,(H,58,64). The zero-order valence-electron chi connectivity index (χ0n) is 38.5. The number of anilines is 3. The maximum Gasteiger partial charge on any atom is 0.280 e. The second-order valence-electron chi connectivity index (χ2n) is 17.7. The number of alkyl halides is 1. The maximum absolute atomic E-state index is 14.6. The predicted octanol–water partition coefficient (Wildman–Crippen LogP) is 15.5. The molecule has 1 heterocycles. The smallest absolute Gasteiger partial charge is 0.280 e. The fourth-order valence-corrected chi connectivity index (χ4v) is 9.97. The molecule has 15 heteroatoms. The fraction of sp³-hybridized carbons (Fsp3) is 0.365. The summed E-state index contributed by atoms with van der Waals surface area (Å²) >= 11 is 28.3. The fourth-order valence-electron chi connectivity index (χ4n) is 7.78. The number of nitrogen functional groups attached to an aromatic ring is 1. The summed E-state index contributed by atoms with van der Waals surface area (Å²) in [6.07, 6.45) is 9.87. The molecule has 67 heavy (non-hydrogen) atoms. The summed E-state index contributed by atoms with van der Waals surface area (Å²) in [6.45, 7) is 10.3. The van der Waals surface area contributed by atoms with Crippen LogP contribution in [0.4, 0.5) is 22.7 Å². The molecule has 0 aromatic heterocycles. The number of phenolic OH excluding ortho intramolecular Hbond substituents is 1. The Morgan fingerprint density at radius 2 is 1.52 bits per heavy atom. The lowest BCUT2D eigenvalue weighted by atomic mass is 9.86. The van der Waals surface area contributed by atoms with Gasteiger partial charge in [0.05, 0.1) is 21.4 Å². The van der Waals surface area contributed by atoms with Crippen LogP contribution >= 0.6 is 58.2 Å². The zero-order valence-corrected chi connectivity index (χ0v) is 42.3. The van der Waals surface area contributed by atoms with E-state index in [9.17, 15) is 14.7 Å². The summed E-state index contributed by atoms with van der Waals surface area (Å²) in [5, 5.41) is 28.0. The van der Waals surface area contributed by atoms with Crippen LogP contribution in [0.5, 0.6) is 11.5 Å². The van der Waals surface area contributed by atoms with Gasteiger partial charge in [0.2, 0.25) is 5.91 Å². The van der Waals surface area contributed by atoms with Gasteiger partial charge in [-0.15, -0.1) is 11.6 Å². The molecule has 0 aliphatic carbocycles. The van der Waals surface area contributed by atoms with E-state index in [1.165, 1.54) is 56.0 Å². The Morgan fingerprint density at radius 1 is 0.881 bits per heavy atom. The van der Waals surface area contributed by atoms with Gasteiger partial charge in [-0.3, -0.25) is 9.59 Å². The molecule has 354 valence electrons. The van der Waals surface area contributed by atoms with Crippen molar-refractivity contribution < 1.29 is 19.4 Å². The number of rotatable bonds is 21. The Labute approximate surface area is 418 Å². The first-order valence-electron chi connectivity index (χ1n) is 22.7. The molecule has 10 nitrogen and oxygen atoms in total. The lowest BCUT2D eigenvalue weighted by Crippen LogP contribution is -2.38. The van der Waals surface area contributed by atoms with Crippen LogP contribution in [0, 0.1) is 6.92 Å². The Kier molecular flexibility index (Phi) is 18.5. The number of carbonyl (C=O) groups is 2. The monoisotopic (exact) mass is 1000 g/mol. The number of hydrogen-bond acceptors (Lipinski definition) is 9. The van der Waals surface area contributed by atoms with Gasteiger partial charge in [0.1, 0.15) is 34.4 Å². The topological polar surface area (TPSA) is 142 Å². The van der Waals surface area contributed by atoms with Gasteiger partial charge in [-0.1, -0.05) is 162 Å². The number of amides is 2. The summed E-state index contributed by atoms with van der Waals surface area (Å²) < 4.78 is 6.54. The summed E-state index contributed by atoms with van der Waals surface area (Å²) in [5.74, 6) is -0.546. The zero-order chi connectivity index (χ0) is 48.3. The molecule has 0 saturated carbocycles. The van der Waals surface area contributed by atoms with Gasteiger partial charge in [-0.05, 0) is 91.4 Å². The third-order valence-electron chi connectivity index (χ3n) is 11.4. The van der Waals surface area contributed by atoms with Crippen LogP contribution in [0.1, 0.15) is 109 Å². The minimum Gasteiger partial charge on any atom is -0.508 e. The molecule has 1 aliphatic rings. The van der Waals surface area contributed by atoms with E-state index in [0.717, 1.165) is 46.0 Å². The number of hydrogen-bond donors (Lipinski definition) is 3. The Morgan fingerprint density at radius 3 is 2.19 bits per heavy atom. The molecule has 5 aromatic rings. The molecule has 3 atom stereocenters. The van der Waals surface area contributed by atoms with Crippen molar-refractivity contribution in [1.82, 2.24) is 0 Å². The van der Waals surface area contributed by atoms with Crippen molar-refractivity contribution in [1.29, 1.82) is 0 Å². The van der Waals surface area contributed by atoms with Gasteiger partial charge in [0.15, 0.2) is 6.04 Å². The molecule has 0 radical (unpaired) electrons. The molecule has 0 bridgehead atoms. The third kappa shape index (κ3) is 13.5. The average molecular weight is 1000 g/mol. The van der Waals surface area contributed by atoms with Crippen LogP contribution in [0.3, 0.4) is 0 Å². The van der Waals surface area contributed by atoms with Gasteiger partial charge in [0.25, 0.3) is 5.91 Å². The molecule has 0 saturated heterocycles. The number of hydrazone groups is 1. The van der Waals surface area contributed by atoms with Gasteiger partial charge in [0, 0.05) is 31.6 Å². The number of halogens is 4. The summed E-state index contributed by atoms with van der Waals surface area (Å²) in [5.41, 5.74) is 9.51. The first kappa shape index (κ1) is 51.6. The van der Waals surface area contributed by atoms with E-state index < -0.39 is 29.3 Å². The van der Waals surface area contributed by atoms with E-state index in [1.54, 1.807) is 36.4 Å². The number of azo groups is 1. The molecule has 4 N–H and O–H groups in total. The minimum absolute atomic E-state index is 0.0762. The van der Waals surface area contributed by atoms with Crippen LogP contribution in [-0.2, 0) is 15.0 Å². The lowest BCUT2D eigenvalue weighted by Gasteiger charge is -2.26. The number of aryl methyl sites for hydroxylation is 1. The molecule has 0 spiro atoms. The maximum atomic E-state index is 14.6. The first-order chi connectivity index (χ1) is 32.1. The molecular formula is C52H58Cl4N6O4S. The summed E-state index contributed by atoms with van der Waals surface area (Å²) in [6, 6.07) is 27.1. The normalized spacial score (nSPS) is 14.9. The van der Waals surface area contributed by atoms with Crippen molar-refractivity contribution in [3.05, 3.63) is 129 Å².